The summed E-state index contributed by atoms with van der Waals surface area (Å²) in [6.45, 7) is -0.450. The number of para-hydroxylation sites is 2. The van der Waals surface area contributed by atoms with E-state index in [2.05, 4.69) is 16.4 Å². The molecular weight excluding hydrogens is 457 g/mol. The third-order valence-corrected chi connectivity index (χ3v) is 2.11. The van der Waals surface area contributed by atoms with Crippen molar-refractivity contribution >= 4 is 11.4 Å². The number of nitrogens with zero attached hydrogens (tertiary/aromatic N) is 1. The van der Waals surface area contributed by atoms with Crippen molar-refractivity contribution in [1.29, 1.82) is 0 Å². The molecule has 0 saturated carbocycles. The average Bonchev–Trinajstić information content (AvgIpc) is 2.39. The van der Waals surface area contributed by atoms with Crippen LogP contribution in [0.15, 0.2) is 42.7 Å². The van der Waals surface area contributed by atoms with Crippen molar-refractivity contribution in [1.82, 2.24) is 4.98 Å². The normalized spacial score (nSPS) is 9.39. The van der Waals surface area contributed by atoms with Crippen LogP contribution in [0.5, 0.6) is 5.75 Å². The van der Waals surface area contributed by atoms with Gasteiger partial charge in [0.05, 0.1) is 5.69 Å². The van der Waals surface area contributed by atoms with E-state index in [0.29, 0.717) is 5.75 Å². The van der Waals surface area contributed by atoms with Crippen molar-refractivity contribution in [2.45, 2.75) is 0 Å². The number of alkyl halides is 1. The van der Waals surface area contributed by atoms with E-state index in [4.69, 9.17) is 4.74 Å². The van der Waals surface area contributed by atoms with E-state index < -0.39 is 6.67 Å². The second-order valence-corrected chi connectivity index (χ2v) is 3.31. The second kappa shape index (κ2) is 8.12. The number of halogens is 1. The molecule has 3 nitrogen and oxygen atoms in total. The van der Waals surface area contributed by atoms with E-state index in [1.54, 1.807) is 24.5 Å². The zero-order valence-corrected chi connectivity index (χ0v) is 13.9. The minimum atomic E-state index is -0.504. The largest absolute Gasteiger partial charge is 0.489 e. The fourth-order valence-electron chi connectivity index (χ4n) is 1.38. The molecule has 0 amide bonds. The van der Waals surface area contributed by atoms with E-state index >= 15 is 0 Å². The maximum atomic E-state index is 12.1. The van der Waals surface area contributed by atoms with Gasteiger partial charge < -0.3 is 15.0 Å². The summed E-state index contributed by atoms with van der Waals surface area (Å²) in [5.74, 6) is 0.621. The number of aromatic nitrogens is 1. The molecule has 1 heterocycles. The monoisotopic (exact) mass is 469 g/mol. The van der Waals surface area contributed by atoms with Crippen LogP contribution in [-0.2, 0) is 0 Å². The summed E-state index contributed by atoms with van der Waals surface area (Å²) in [6.07, 6.45) is 3.25. The van der Waals surface area contributed by atoms with Crippen LogP contribution in [-0.4, -0.2) is 18.3 Å². The molecule has 0 spiro atoms. The predicted octanol–water partition coefficient (Wildman–Crippen LogP) is 2.97. The quantitative estimate of drug-likeness (QED) is 0.685. The van der Waals surface area contributed by atoms with E-state index in [-0.39, 0.29) is 37.7 Å². The molecule has 0 radical (unpaired) electrons. The van der Waals surface area contributed by atoms with Crippen molar-refractivity contribution in [2.24, 2.45) is 0 Å². The first-order chi connectivity index (χ1) is 8.40. The van der Waals surface area contributed by atoms with Gasteiger partial charge >= 0.3 is 0 Å². The molecule has 0 bridgehead atoms. The topological polar surface area (TPSA) is 34.1 Å². The van der Waals surface area contributed by atoms with Gasteiger partial charge in [-0.1, -0.05) is 24.5 Å². The number of benzene rings is 1. The summed E-state index contributed by atoms with van der Waals surface area (Å²) in [6, 6.07) is 12.1. The first-order valence-electron chi connectivity index (χ1n) is 5.26. The number of ether oxygens (including phenoxy) is 1. The Bertz CT molecular complexity index is 468. The Kier molecular flexibility index (Phi) is 6.77. The third kappa shape index (κ3) is 4.32. The number of rotatable bonds is 5. The number of hydrogen-bond acceptors (Lipinski definition) is 3. The van der Waals surface area contributed by atoms with Gasteiger partial charge in [0.1, 0.15) is 19.0 Å². The molecule has 0 unspecified atom stereocenters. The molecule has 2 aromatic rings. The van der Waals surface area contributed by atoms with Gasteiger partial charge in [-0.05, 0) is 12.1 Å². The van der Waals surface area contributed by atoms with Gasteiger partial charge in [-0.25, -0.2) is 10.5 Å². The van der Waals surface area contributed by atoms with Crippen LogP contribution in [0.2, 0.25) is 0 Å². The Balaban J connectivity index is 0.00000162. The molecule has 1 N–H and O–H groups in total. The van der Waals surface area contributed by atoms with Gasteiger partial charge in [0.15, 0.2) is 0 Å². The fourth-order valence-corrected chi connectivity index (χ4v) is 1.38. The second-order valence-electron chi connectivity index (χ2n) is 3.31. The summed E-state index contributed by atoms with van der Waals surface area (Å²) in [5, 5.41) is 3.14. The molecule has 0 atom stereocenters. The number of pyridine rings is 1. The van der Waals surface area contributed by atoms with E-state index in [1.807, 2.05) is 18.2 Å². The Morgan fingerprint density at radius 2 is 2.11 bits per heavy atom. The molecule has 18 heavy (non-hydrogen) atoms. The molecule has 5 heteroatoms. The van der Waals surface area contributed by atoms with Crippen LogP contribution >= 0.6 is 0 Å². The average molecular weight is 469 g/mol. The maximum Gasteiger partial charge on any atom is 0.142 e. The van der Waals surface area contributed by atoms with Gasteiger partial charge in [-0.2, -0.15) is 6.07 Å². The molecule has 1 aromatic heterocycles. The summed E-state index contributed by atoms with van der Waals surface area (Å²) in [7, 11) is 0. The first-order valence-corrected chi connectivity index (χ1v) is 5.26. The summed E-state index contributed by atoms with van der Waals surface area (Å²) >= 11 is 0. The molecule has 0 aliphatic rings. The Labute approximate surface area is 129 Å². The van der Waals surface area contributed by atoms with E-state index in [0.717, 1.165) is 11.4 Å². The Morgan fingerprint density at radius 1 is 1.28 bits per heavy atom. The van der Waals surface area contributed by atoms with Crippen LogP contribution in [0.3, 0.4) is 0 Å². The van der Waals surface area contributed by atoms with Crippen molar-refractivity contribution < 1.29 is 40.2 Å². The number of nitrogens with one attached hydrogen (secondary N) is 1. The van der Waals surface area contributed by atoms with Crippen molar-refractivity contribution in [3.8, 4) is 5.75 Å². The summed E-state index contributed by atoms with van der Waals surface area (Å²) in [5.41, 5.74) is 1.57. The zero-order valence-electron chi connectivity index (χ0n) is 9.69. The van der Waals surface area contributed by atoms with Crippen LogP contribution in [0.4, 0.5) is 15.8 Å². The first kappa shape index (κ1) is 15.0. The SMILES string of the molecule is FCCOc1ccccc1Nc1[c-]cncc1.[U]. The third-order valence-electron chi connectivity index (χ3n) is 2.11. The number of anilines is 2. The molecule has 0 aliphatic carbocycles. The van der Waals surface area contributed by atoms with Crippen molar-refractivity contribution in [2.75, 3.05) is 18.6 Å². The Hall–Kier alpha value is -1.05. The van der Waals surface area contributed by atoms with Gasteiger partial charge in [-0.3, -0.25) is 0 Å². The molecule has 1 aromatic carbocycles. The van der Waals surface area contributed by atoms with Crippen LogP contribution in [0, 0.1) is 37.2 Å². The molecule has 2 rings (SSSR count). The van der Waals surface area contributed by atoms with E-state index in [9.17, 15) is 4.39 Å². The minimum Gasteiger partial charge on any atom is -0.489 e. The molecular formula is C13H12FN2OU-. The van der Waals surface area contributed by atoms with Gasteiger partial charge in [0.25, 0.3) is 0 Å². The zero-order chi connectivity index (χ0) is 11.9. The van der Waals surface area contributed by atoms with Gasteiger partial charge in [0, 0.05) is 31.1 Å². The molecule has 92 valence electrons. The van der Waals surface area contributed by atoms with Gasteiger partial charge in [-0.15, -0.1) is 5.69 Å². The number of hydrogen-bond donors (Lipinski definition) is 1. The van der Waals surface area contributed by atoms with Crippen molar-refractivity contribution in [3.63, 3.8) is 0 Å². The molecule has 0 saturated heterocycles. The summed E-state index contributed by atoms with van der Waals surface area (Å²) < 4.78 is 17.4. The molecule has 0 fully saturated rings. The minimum absolute atomic E-state index is 0. The predicted molar refractivity (Wildman–Crippen MR) is 64.3 cm³/mol. The van der Waals surface area contributed by atoms with Crippen LogP contribution < -0.4 is 10.1 Å². The van der Waals surface area contributed by atoms with Crippen LogP contribution in [0.25, 0.3) is 0 Å². The standard InChI is InChI=1S/C13H12FN2O.U/c14-7-10-17-13-4-2-1-3-12(13)16-11-5-8-15-9-6-11;/h1-5,8-9H,7,10H2,(H,15,16);/q-1;. The smallest absolute Gasteiger partial charge is 0.142 e. The molecule has 0 aliphatic heterocycles. The maximum absolute atomic E-state index is 12.1. The van der Waals surface area contributed by atoms with E-state index in [1.165, 1.54) is 0 Å². The van der Waals surface area contributed by atoms with Crippen LogP contribution in [0.1, 0.15) is 0 Å². The summed E-state index contributed by atoms with van der Waals surface area (Å²) in [4.78, 5) is 3.88. The Morgan fingerprint density at radius 3 is 2.83 bits per heavy atom. The fraction of sp³-hybridized carbons (Fsp3) is 0.154. The van der Waals surface area contributed by atoms with Crippen molar-refractivity contribution in [3.05, 3.63) is 48.8 Å². The van der Waals surface area contributed by atoms with Gasteiger partial charge in [0.2, 0.25) is 0 Å².